The number of methoxy groups -OCH3 is 1. The van der Waals surface area contributed by atoms with E-state index < -0.39 is 0 Å². The van der Waals surface area contributed by atoms with Crippen LogP contribution in [0.4, 0.5) is 5.82 Å². The summed E-state index contributed by atoms with van der Waals surface area (Å²) in [6.45, 7) is 1.82. The molecule has 0 saturated heterocycles. The number of rotatable bonds is 2. The molecule has 5 heteroatoms. The number of nitrogens with zero attached hydrogens (tertiary/aromatic N) is 2. The predicted molar refractivity (Wildman–Crippen MR) is 58.6 cm³/mol. The summed E-state index contributed by atoms with van der Waals surface area (Å²) in [6, 6.07) is 5.58. The van der Waals surface area contributed by atoms with Crippen LogP contribution in [0.25, 0.3) is 10.9 Å². The maximum atomic E-state index is 5.38. The molecule has 0 atom stereocenters. The van der Waals surface area contributed by atoms with Gasteiger partial charge in [0, 0.05) is 11.5 Å². The third kappa shape index (κ3) is 1.69. The molecule has 0 amide bonds. The van der Waals surface area contributed by atoms with E-state index in [2.05, 4.69) is 15.4 Å². The van der Waals surface area contributed by atoms with Gasteiger partial charge in [0.2, 0.25) is 0 Å². The monoisotopic (exact) mass is 204 g/mol. The zero-order chi connectivity index (χ0) is 10.8. The molecule has 15 heavy (non-hydrogen) atoms. The minimum absolute atomic E-state index is 0.625. The van der Waals surface area contributed by atoms with Crippen molar-refractivity contribution in [1.82, 2.24) is 9.97 Å². The average Bonchev–Trinajstić information content (AvgIpc) is 2.26. The number of hydrazine groups is 1. The Morgan fingerprint density at radius 3 is 2.80 bits per heavy atom. The van der Waals surface area contributed by atoms with Crippen molar-refractivity contribution < 1.29 is 4.74 Å². The molecule has 0 fully saturated rings. The summed E-state index contributed by atoms with van der Waals surface area (Å²) in [7, 11) is 1.62. The third-order valence-electron chi connectivity index (χ3n) is 2.15. The molecule has 1 aromatic carbocycles. The standard InChI is InChI=1S/C10H12N4O/c1-6-12-9-5-7(15-2)3-4-8(9)10(13-6)14-11/h3-5H,11H2,1-2H3,(H,12,13,14). The highest BCUT2D eigenvalue weighted by molar-refractivity contribution is 5.89. The Balaban J connectivity index is 2.72. The molecule has 0 radical (unpaired) electrons. The first-order chi connectivity index (χ1) is 7.24. The molecule has 2 aromatic rings. The minimum atomic E-state index is 0.625. The molecule has 0 unspecified atom stereocenters. The fraction of sp³-hybridized carbons (Fsp3) is 0.200. The van der Waals surface area contributed by atoms with Gasteiger partial charge in [0.25, 0.3) is 0 Å². The molecule has 0 bridgehead atoms. The van der Waals surface area contributed by atoms with Gasteiger partial charge in [-0.2, -0.15) is 0 Å². The van der Waals surface area contributed by atoms with Gasteiger partial charge in [-0.15, -0.1) is 0 Å². The van der Waals surface area contributed by atoms with Crippen molar-refractivity contribution in [3.8, 4) is 5.75 Å². The van der Waals surface area contributed by atoms with Gasteiger partial charge in [-0.1, -0.05) is 0 Å². The lowest BCUT2D eigenvalue weighted by Crippen LogP contribution is -2.10. The number of benzene rings is 1. The normalized spacial score (nSPS) is 10.3. The highest BCUT2D eigenvalue weighted by Gasteiger charge is 2.05. The molecule has 0 aliphatic heterocycles. The van der Waals surface area contributed by atoms with Crippen molar-refractivity contribution in [3.05, 3.63) is 24.0 Å². The maximum absolute atomic E-state index is 5.38. The van der Waals surface area contributed by atoms with Crippen LogP contribution in [0.2, 0.25) is 0 Å². The second kappa shape index (κ2) is 3.70. The summed E-state index contributed by atoms with van der Waals surface area (Å²) in [5.41, 5.74) is 3.37. The molecule has 5 nitrogen and oxygen atoms in total. The van der Waals surface area contributed by atoms with Crippen LogP contribution in [0, 0.1) is 6.92 Å². The molecule has 0 spiro atoms. The van der Waals surface area contributed by atoms with Crippen LogP contribution < -0.4 is 16.0 Å². The Morgan fingerprint density at radius 1 is 1.33 bits per heavy atom. The van der Waals surface area contributed by atoms with Gasteiger partial charge in [0.15, 0.2) is 5.82 Å². The Bertz CT molecular complexity index is 498. The third-order valence-corrected chi connectivity index (χ3v) is 2.15. The van der Waals surface area contributed by atoms with Gasteiger partial charge >= 0.3 is 0 Å². The summed E-state index contributed by atoms with van der Waals surface area (Å²) in [6.07, 6.45) is 0. The van der Waals surface area contributed by atoms with Crippen LogP contribution in [0.5, 0.6) is 5.75 Å². The number of aryl methyl sites for hydroxylation is 1. The Hall–Kier alpha value is -1.88. The van der Waals surface area contributed by atoms with E-state index in [-0.39, 0.29) is 0 Å². The van der Waals surface area contributed by atoms with E-state index in [1.165, 1.54) is 0 Å². The van der Waals surface area contributed by atoms with Crippen LogP contribution in [0.3, 0.4) is 0 Å². The van der Waals surface area contributed by atoms with E-state index in [1.54, 1.807) is 7.11 Å². The van der Waals surface area contributed by atoms with Crippen molar-refractivity contribution in [2.24, 2.45) is 5.84 Å². The first-order valence-corrected chi connectivity index (χ1v) is 4.53. The van der Waals surface area contributed by atoms with Crippen molar-refractivity contribution in [2.45, 2.75) is 6.92 Å². The van der Waals surface area contributed by atoms with Crippen molar-refractivity contribution in [3.63, 3.8) is 0 Å². The maximum Gasteiger partial charge on any atom is 0.151 e. The summed E-state index contributed by atoms with van der Waals surface area (Å²) < 4.78 is 5.12. The number of fused-ring (bicyclic) bond motifs is 1. The number of ether oxygens (including phenoxy) is 1. The van der Waals surface area contributed by atoms with Crippen LogP contribution in [-0.4, -0.2) is 17.1 Å². The van der Waals surface area contributed by atoms with E-state index >= 15 is 0 Å². The zero-order valence-corrected chi connectivity index (χ0v) is 8.61. The lowest BCUT2D eigenvalue weighted by molar-refractivity contribution is 0.415. The second-order valence-corrected chi connectivity index (χ2v) is 3.15. The zero-order valence-electron chi connectivity index (χ0n) is 8.61. The fourth-order valence-corrected chi connectivity index (χ4v) is 1.46. The second-order valence-electron chi connectivity index (χ2n) is 3.15. The highest BCUT2D eigenvalue weighted by atomic mass is 16.5. The average molecular weight is 204 g/mol. The van der Waals surface area contributed by atoms with Gasteiger partial charge in [0.1, 0.15) is 11.6 Å². The van der Waals surface area contributed by atoms with Crippen molar-refractivity contribution in [1.29, 1.82) is 0 Å². The quantitative estimate of drug-likeness (QED) is 0.568. The molecule has 0 saturated carbocycles. The van der Waals surface area contributed by atoms with Gasteiger partial charge in [-0.25, -0.2) is 15.8 Å². The fourth-order valence-electron chi connectivity index (χ4n) is 1.46. The molecule has 1 aromatic heterocycles. The van der Waals surface area contributed by atoms with Crippen LogP contribution >= 0.6 is 0 Å². The van der Waals surface area contributed by atoms with Crippen molar-refractivity contribution in [2.75, 3.05) is 12.5 Å². The Morgan fingerprint density at radius 2 is 2.13 bits per heavy atom. The largest absolute Gasteiger partial charge is 0.497 e. The molecule has 0 aliphatic carbocycles. The smallest absolute Gasteiger partial charge is 0.151 e. The number of nitrogens with two attached hydrogens (primary N) is 1. The molecular formula is C10H12N4O. The van der Waals surface area contributed by atoms with Gasteiger partial charge in [-0.3, -0.25) is 0 Å². The summed E-state index contributed by atoms with van der Waals surface area (Å²) >= 11 is 0. The number of nitrogen functional groups attached to an aromatic ring is 1. The first-order valence-electron chi connectivity index (χ1n) is 4.53. The summed E-state index contributed by atoms with van der Waals surface area (Å²) in [5, 5.41) is 0.879. The molecule has 2 rings (SSSR count). The van der Waals surface area contributed by atoms with E-state index in [1.807, 2.05) is 25.1 Å². The van der Waals surface area contributed by atoms with E-state index in [4.69, 9.17) is 10.6 Å². The van der Waals surface area contributed by atoms with Crippen molar-refractivity contribution >= 4 is 16.7 Å². The number of hydrogen-bond acceptors (Lipinski definition) is 5. The van der Waals surface area contributed by atoms with E-state index in [0.717, 1.165) is 16.7 Å². The molecule has 3 N–H and O–H groups in total. The number of aromatic nitrogens is 2. The Labute approximate surface area is 87.3 Å². The summed E-state index contributed by atoms with van der Waals surface area (Å²) in [5.74, 6) is 7.45. The van der Waals surface area contributed by atoms with Crippen LogP contribution in [-0.2, 0) is 0 Å². The SMILES string of the molecule is COc1ccc2c(NN)nc(C)nc2c1. The van der Waals surface area contributed by atoms with Gasteiger partial charge < -0.3 is 10.2 Å². The van der Waals surface area contributed by atoms with Gasteiger partial charge in [-0.05, 0) is 19.1 Å². The molecule has 0 aliphatic rings. The highest BCUT2D eigenvalue weighted by Crippen LogP contribution is 2.23. The molecule has 78 valence electrons. The first kappa shape index (κ1) is 9.67. The van der Waals surface area contributed by atoms with E-state index in [0.29, 0.717) is 11.6 Å². The van der Waals surface area contributed by atoms with Crippen LogP contribution in [0.1, 0.15) is 5.82 Å². The van der Waals surface area contributed by atoms with Crippen LogP contribution in [0.15, 0.2) is 18.2 Å². The number of nitrogens with one attached hydrogen (secondary N) is 1. The molecule has 1 heterocycles. The number of hydrogen-bond donors (Lipinski definition) is 2. The summed E-state index contributed by atoms with van der Waals surface area (Å²) in [4.78, 5) is 8.49. The van der Waals surface area contributed by atoms with Gasteiger partial charge in [0.05, 0.1) is 12.6 Å². The number of anilines is 1. The Kier molecular flexibility index (Phi) is 2.39. The predicted octanol–water partition coefficient (Wildman–Crippen LogP) is 1.23. The lowest BCUT2D eigenvalue weighted by atomic mass is 10.2. The lowest BCUT2D eigenvalue weighted by Gasteiger charge is -2.07. The minimum Gasteiger partial charge on any atom is -0.497 e. The molecular weight excluding hydrogens is 192 g/mol. The topological polar surface area (TPSA) is 73.1 Å². The van der Waals surface area contributed by atoms with E-state index in [9.17, 15) is 0 Å².